The van der Waals surface area contributed by atoms with Gasteiger partial charge in [-0.25, -0.2) is 0 Å². The summed E-state index contributed by atoms with van der Waals surface area (Å²) in [6, 6.07) is 0. The van der Waals surface area contributed by atoms with E-state index in [4.69, 9.17) is 5.11 Å². The Hall–Kier alpha value is -2.10. The van der Waals surface area contributed by atoms with Crippen LogP contribution < -0.4 is 16.0 Å². The maximum Gasteiger partial charge on any atom is 0.303 e. The van der Waals surface area contributed by atoms with Crippen LogP contribution in [0.5, 0.6) is 0 Å². The first kappa shape index (κ1) is 20.9. The molecule has 0 heterocycles. The van der Waals surface area contributed by atoms with E-state index in [2.05, 4.69) is 16.0 Å². The van der Waals surface area contributed by atoms with Gasteiger partial charge >= 0.3 is 5.97 Å². The van der Waals surface area contributed by atoms with E-state index in [1.807, 2.05) is 0 Å². The molecule has 0 saturated carbocycles. The Labute approximate surface area is 137 Å². The monoisotopic (exact) mass is 347 g/mol. The minimum absolute atomic E-state index is 0.0498. The van der Waals surface area contributed by atoms with Gasteiger partial charge in [-0.05, 0) is 12.8 Å². The summed E-state index contributed by atoms with van der Waals surface area (Å²) in [4.78, 5) is 55.0. The van der Waals surface area contributed by atoms with Gasteiger partial charge < -0.3 is 21.1 Å². The second-order valence-electron chi connectivity index (χ2n) is 4.53. The Kier molecular flexibility index (Phi) is 11.3. The van der Waals surface area contributed by atoms with E-state index in [-0.39, 0.29) is 30.4 Å². The first-order valence-corrected chi connectivity index (χ1v) is 7.95. The van der Waals surface area contributed by atoms with Gasteiger partial charge in [0.15, 0.2) is 5.12 Å². The molecule has 0 aliphatic heterocycles. The Morgan fingerprint density at radius 1 is 0.870 bits per heavy atom. The van der Waals surface area contributed by atoms with Crippen molar-refractivity contribution in [3.05, 3.63) is 0 Å². The predicted molar refractivity (Wildman–Crippen MR) is 83.7 cm³/mol. The van der Waals surface area contributed by atoms with Crippen LogP contribution in [0.4, 0.5) is 0 Å². The van der Waals surface area contributed by atoms with Crippen LogP contribution >= 0.6 is 11.8 Å². The van der Waals surface area contributed by atoms with E-state index in [1.165, 1.54) is 6.92 Å². The largest absolute Gasteiger partial charge is 0.481 e. The summed E-state index contributed by atoms with van der Waals surface area (Å²) in [6.45, 7) is 1.17. The van der Waals surface area contributed by atoms with Gasteiger partial charge in [-0.1, -0.05) is 11.8 Å². The number of aliphatic carboxylic acids is 1. The fourth-order valence-electron chi connectivity index (χ4n) is 1.33. The van der Waals surface area contributed by atoms with Crippen LogP contribution in [0.1, 0.15) is 26.2 Å². The number of amides is 3. The smallest absolute Gasteiger partial charge is 0.303 e. The molecule has 0 aromatic carbocycles. The average molecular weight is 347 g/mol. The number of unbranched alkanes of at least 4 members (excludes halogenated alkanes) is 1. The number of hydrogen-bond acceptors (Lipinski definition) is 6. The highest BCUT2D eigenvalue weighted by molar-refractivity contribution is 8.14. The molecule has 9 nitrogen and oxygen atoms in total. The zero-order chi connectivity index (χ0) is 17.7. The van der Waals surface area contributed by atoms with Crippen molar-refractivity contribution in [1.82, 2.24) is 16.0 Å². The zero-order valence-corrected chi connectivity index (χ0v) is 13.7. The van der Waals surface area contributed by atoms with Crippen molar-refractivity contribution in [1.29, 1.82) is 0 Å². The van der Waals surface area contributed by atoms with Gasteiger partial charge in [0.25, 0.3) is 0 Å². The summed E-state index contributed by atoms with van der Waals surface area (Å²) in [7, 11) is 0. The molecular weight excluding hydrogens is 326 g/mol. The van der Waals surface area contributed by atoms with Crippen LogP contribution in [0.3, 0.4) is 0 Å². The molecule has 0 bridgehead atoms. The Balaban J connectivity index is 3.64. The predicted octanol–water partition coefficient (Wildman–Crippen LogP) is -1.13. The molecule has 23 heavy (non-hydrogen) atoms. The van der Waals surface area contributed by atoms with Gasteiger partial charge in [-0.15, -0.1) is 0 Å². The average Bonchev–Trinajstić information content (AvgIpc) is 2.48. The Morgan fingerprint density at radius 3 is 2.00 bits per heavy atom. The summed E-state index contributed by atoms with van der Waals surface area (Å²) < 4.78 is 0. The molecule has 0 aliphatic carbocycles. The lowest BCUT2D eigenvalue weighted by Gasteiger charge is -2.07. The van der Waals surface area contributed by atoms with E-state index < -0.39 is 23.7 Å². The number of hydrogen-bond donors (Lipinski definition) is 4. The number of nitrogens with one attached hydrogen (secondary N) is 3. The van der Waals surface area contributed by atoms with E-state index >= 15 is 0 Å². The van der Waals surface area contributed by atoms with Crippen LogP contribution in [-0.2, 0) is 24.0 Å². The lowest BCUT2D eigenvalue weighted by Crippen LogP contribution is -2.42. The minimum Gasteiger partial charge on any atom is -0.481 e. The molecule has 0 radical (unpaired) electrons. The second kappa shape index (κ2) is 12.4. The molecule has 0 saturated heterocycles. The van der Waals surface area contributed by atoms with E-state index in [9.17, 15) is 24.0 Å². The summed E-state index contributed by atoms with van der Waals surface area (Å²) in [5.41, 5.74) is 0. The van der Waals surface area contributed by atoms with Crippen LogP contribution in [-0.4, -0.2) is 59.3 Å². The van der Waals surface area contributed by atoms with Crippen molar-refractivity contribution in [2.24, 2.45) is 0 Å². The molecule has 0 rings (SSSR count). The van der Waals surface area contributed by atoms with Gasteiger partial charge in [-0.2, -0.15) is 0 Å². The molecule has 0 fully saturated rings. The normalized spacial score (nSPS) is 9.78. The maximum absolute atomic E-state index is 11.4. The summed E-state index contributed by atoms with van der Waals surface area (Å²) in [6.07, 6.45) is 1.05. The van der Waals surface area contributed by atoms with Gasteiger partial charge in [0.05, 0.1) is 18.8 Å². The molecule has 0 atom stereocenters. The van der Waals surface area contributed by atoms with Crippen LogP contribution in [0.2, 0.25) is 0 Å². The molecule has 0 aromatic rings. The molecule has 130 valence electrons. The number of carboxylic acid groups (broad SMARTS) is 1. The number of thioether (sulfide) groups is 1. The van der Waals surface area contributed by atoms with E-state index in [0.29, 0.717) is 19.4 Å². The van der Waals surface area contributed by atoms with Gasteiger partial charge in [0.1, 0.15) is 0 Å². The van der Waals surface area contributed by atoms with Crippen molar-refractivity contribution >= 4 is 40.6 Å². The quantitative estimate of drug-likeness (QED) is 0.346. The van der Waals surface area contributed by atoms with Crippen molar-refractivity contribution in [3.8, 4) is 0 Å². The third kappa shape index (κ3) is 14.6. The lowest BCUT2D eigenvalue weighted by atomic mass is 10.2. The van der Waals surface area contributed by atoms with Gasteiger partial charge in [-0.3, -0.25) is 24.0 Å². The molecule has 0 aliphatic rings. The van der Waals surface area contributed by atoms with Crippen molar-refractivity contribution in [2.45, 2.75) is 26.2 Å². The van der Waals surface area contributed by atoms with Crippen molar-refractivity contribution in [2.75, 3.05) is 25.4 Å². The topological polar surface area (TPSA) is 142 Å². The highest BCUT2D eigenvalue weighted by Gasteiger charge is 2.08. The SMILES string of the molecule is CC(=O)SCC(=O)NCC(=O)NCC(=O)NCCCCC(=O)O. The highest BCUT2D eigenvalue weighted by Crippen LogP contribution is 1.98. The first-order chi connectivity index (χ1) is 10.8. The summed E-state index contributed by atoms with van der Waals surface area (Å²) in [5.74, 6) is -2.30. The number of rotatable bonds is 11. The van der Waals surface area contributed by atoms with E-state index in [0.717, 1.165) is 11.8 Å². The standard InChI is InChI=1S/C13H21N3O6S/c1-9(17)23-8-12(20)16-7-11(19)15-6-10(18)14-5-3-2-4-13(21)22/h2-8H2,1H3,(H,14,18)(H,15,19)(H,16,20)(H,21,22). The fourth-order valence-corrected chi connectivity index (χ4v) is 1.77. The van der Waals surface area contributed by atoms with Gasteiger partial charge in [0, 0.05) is 19.9 Å². The first-order valence-electron chi connectivity index (χ1n) is 6.96. The van der Waals surface area contributed by atoms with Crippen LogP contribution in [0, 0.1) is 0 Å². The zero-order valence-electron chi connectivity index (χ0n) is 12.8. The molecule has 4 N–H and O–H groups in total. The Bertz CT molecular complexity index is 455. The number of carboxylic acids is 1. The summed E-state index contributed by atoms with van der Waals surface area (Å²) >= 11 is 0.841. The third-order valence-corrected chi connectivity index (χ3v) is 3.25. The fraction of sp³-hybridized carbons (Fsp3) is 0.615. The Morgan fingerprint density at radius 2 is 1.43 bits per heavy atom. The van der Waals surface area contributed by atoms with Crippen LogP contribution in [0.25, 0.3) is 0 Å². The van der Waals surface area contributed by atoms with Crippen molar-refractivity contribution < 1.29 is 29.1 Å². The molecule has 3 amide bonds. The summed E-state index contributed by atoms with van der Waals surface area (Å²) in [5, 5.41) is 15.4. The lowest BCUT2D eigenvalue weighted by molar-refractivity contribution is -0.137. The number of carbonyl (C=O) groups is 5. The molecule has 0 spiro atoms. The van der Waals surface area contributed by atoms with Gasteiger partial charge in [0.2, 0.25) is 17.7 Å². The highest BCUT2D eigenvalue weighted by atomic mass is 32.2. The second-order valence-corrected chi connectivity index (χ2v) is 5.69. The molecule has 0 aromatic heterocycles. The number of carbonyl (C=O) groups excluding carboxylic acids is 4. The van der Waals surface area contributed by atoms with Crippen LogP contribution in [0.15, 0.2) is 0 Å². The van der Waals surface area contributed by atoms with Crippen molar-refractivity contribution in [3.63, 3.8) is 0 Å². The third-order valence-electron chi connectivity index (χ3n) is 2.44. The molecule has 0 unspecified atom stereocenters. The molecule has 10 heteroatoms. The molecular formula is C13H21N3O6S. The van der Waals surface area contributed by atoms with E-state index in [1.54, 1.807) is 0 Å². The maximum atomic E-state index is 11.4. The minimum atomic E-state index is -0.882.